The number of phenols is 1. The van der Waals surface area contributed by atoms with Crippen LogP contribution >= 0.6 is 0 Å². The van der Waals surface area contributed by atoms with E-state index in [9.17, 15) is 29.4 Å². The topological polar surface area (TPSA) is 145 Å². The van der Waals surface area contributed by atoms with Crippen LogP contribution in [0.4, 0.5) is 5.69 Å². The van der Waals surface area contributed by atoms with Gasteiger partial charge in [-0.25, -0.2) is 9.79 Å². The first-order valence-corrected chi connectivity index (χ1v) is 12.1. The summed E-state index contributed by atoms with van der Waals surface area (Å²) in [6.07, 6.45) is 1.54. The maximum atomic E-state index is 13.3. The summed E-state index contributed by atoms with van der Waals surface area (Å²) in [5, 5.41) is 21.2. The molecule has 0 aliphatic heterocycles. The van der Waals surface area contributed by atoms with Gasteiger partial charge in [0.1, 0.15) is 17.2 Å². The van der Waals surface area contributed by atoms with Crippen molar-refractivity contribution in [1.82, 2.24) is 5.43 Å². The molecule has 0 fully saturated rings. The van der Waals surface area contributed by atoms with Crippen LogP contribution in [0, 0.1) is 0 Å². The maximum absolute atomic E-state index is 13.3. The zero-order valence-electron chi connectivity index (χ0n) is 20.8. The third kappa shape index (κ3) is 5.11. The summed E-state index contributed by atoms with van der Waals surface area (Å²) in [5.41, 5.74) is 6.04. The van der Waals surface area contributed by atoms with Crippen molar-refractivity contribution in [3.8, 4) is 5.75 Å². The second-order valence-electron chi connectivity index (χ2n) is 8.77. The highest BCUT2D eigenvalue weighted by atomic mass is 16.4. The number of Topliss-reactive ketones (excluding diaryl/α,β-unsaturated/α-hetero) is 1. The largest absolute Gasteiger partial charge is 0.506 e. The summed E-state index contributed by atoms with van der Waals surface area (Å²) in [5.74, 6) is -3.22. The first-order valence-electron chi connectivity index (χ1n) is 12.1. The number of fused-ring (bicyclic) bond motifs is 1. The number of hydrazine groups is 1. The lowest BCUT2D eigenvalue weighted by Crippen LogP contribution is -2.43. The molecule has 0 radical (unpaired) electrons. The molecular formula is C31H21N3O6. The average molecular weight is 532 g/mol. The molecule has 0 bridgehead atoms. The van der Waals surface area contributed by atoms with Gasteiger partial charge in [0, 0.05) is 21.9 Å². The molecule has 9 nitrogen and oxygen atoms in total. The fourth-order valence-electron chi connectivity index (χ4n) is 4.21. The monoisotopic (exact) mass is 531 g/mol. The smallest absolute Gasteiger partial charge is 0.336 e. The molecule has 196 valence electrons. The SMILES string of the molecule is O=C1C(=NC(=O)c2ccccc2)C=c2ccccc2=C1NNc1ccc(C(=O)c2ccccc2C(=O)O)cc1O. The molecule has 0 heterocycles. The summed E-state index contributed by atoms with van der Waals surface area (Å²) in [4.78, 5) is 54.5. The summed E-state index contributed by atoms with van der Waals surface area (Å²) >= 11 is 0. The Morgan fingerprint density at radius 2 is 1.40 bits per heavy atom. The van der Waals surface area contributed by atoms with Crippen LogP contribution in [-0.2, 0) is 4.79 Å². The van der Waals surface area contributed by atoms with Crippen molar-refractivity contribution in [2.45, 2.75) is 0 Å². The lowest BCUT2D eigenvalue weighted by molar-refractivity contribution is -0.108. The quantitative estimate of drug-likeness (QED) is 0.162. The molecule has 4 aromatic rings. The van der Waals surface area contributed by atoms with Crippen LogP contribution in [0.15, 0.2) is 102 Å². The van der Waals surface area contributed by atoms with E-state index in [0.717, 1.165) is 0 Å². The second-order valence-corrected chi connectivity index (χ2v) is 8.77. The molecule has 0 aromatic heterocycles. The molecule has 1 aliphatic rings. The lowest BCUT2D eigenvalue weighted by atomic mass is 9.98. The molecule has 40 heavy (non-hydrogen) atoms. The van der Waals surface area contributed by atoms with Crippen molar-refractivity contribution in [3.63, 3.8) is 0 Å². The fourth-order valence-corrected chi connectivity index (χ4v) is 4.21. The van der Waals surface area contributed by atoms with Gasteiger partial charge in [-0.05, 0) is 47.7 Å². The van der Waals surface area contributed by atoms with Crippen LogP contribution < -0.4 is 21.3 Å². The van der Waals surface area contributed by atoms with Gasteiger partial charge in [0.25, 0.3) is 5.91 Å². The predicted molar refractivity (Wildman–Crippen MR) is 148 cm³/mol. The van der Waals surface area contributed by atoms with Gasteiger partial charge >= 0.3 is 5.97 Å². The molecule has 5 rings (SSSR count). The van der Waals surface area contributed by atoms with Crippen LogP contribution in [0.25, 0.3) is 11.8 Å². The van der Waals surface area contributed by atoms with Crippen LogP contribution in [-0.4, -0.2) is 39.4 Å². The van der Waals surface area contributed by atoms with Crippen molar-refractivity contribution >= 4 is 46.6 Å². The number of benzene rings is 4. The lowest BCUT2D eigenvalue weighted by Gasteiger charge is -2.17. The van der Waals surface area contributed by atoms with Crippen molar-refractivity contribution in [2.24, 2.45) is 4.99 Å². The van der Waals surface area contributed by atoms with Crippen LogP contribution in [0.1, 0.15) is 36.6 Å². The highest BCUT2D eigenvalue weighted by molar-refractivity contribution is 6.63. The van der Waals surface area contributed by atoms with Gasteiger partial charge in [0.05, 0.1) is 11.3 Å². The predicted octanol–water partition coefficient (Wildman–Crippen LogP) is 2.69. The first-order chi connectivity index (χ1) is 19.3. The van der Waals surface area contributed by atoms with Crippen molar-refractivity contribution < 1.29 is 29.4 Å². The minimum Gasteiger partial charge on any atom is -0.506 e. The number of amides is 1. The zero-order chi connectivity index (χ0) is 28.2. The van der Waals surface area contributed by atoms with E-state index in [1.807, 2.05) is 0 Å². The summed E-state index contributed by atoms with van der Waals surface area (Å²) in [6, 6.07) is 25.3. The zero-order valence-corrected chi connectivity index (χ0v) is 20.8. The minimum atomic E-state index is -1.24. The molecule has 9 heteroatoms. The number of carboxylic acid groups (broad SMARTS) is 1. The normalized spacial score (nSPS) is 13.2. The summed E-state index contributed by atoms with van der Waals surface area (Å²) in [6.45, 7) is 0. The average Bonchev–Trinajstić information content (AvgIpc) is 2.97. The van der Waals surface area contributed by atoms with E-state index in [-0.39, 0.29) is 39.5 Å². The van der Waals surface area contributed by atoms with Gasteiger partial charge in [-0.2, -0.15) is 0 Å². The molecule has 4 N–H and O–H groups in total. The number of rotatable bonds is 7. The number of hydrogen-bond acceptors (Lipinski definition) is 7. The van der Waals surface area contributed by atoms with E-state index in [1.165, 1.54) is 42.5 Å². The minimum absolute atomic E-state index is 0.0127. The number of carbonyl (C=O) groups is 4. The molecule has 1 aliphatic carbocycles. The number of phenolic OH excluding ortho intramolecular Hbond substituents is 1. The van der Waals surface area contributed by atoms with Gasteiger partial charge in [-0.15, -0.1) is 0 Å². The molecule has 0 saturated carbocycles. The fraction of sp³-hybridized carbons (Fsp3) is 0. The van der Waals surface area contributed by atoms with E-state index in [4.69, 9.17) is 0 Å². The highest BCUT2D eigenvalue weighted by Gasteiger charge is 2.23. The second kappa shape index (κ2) is 10.9. The Bertz CT molecular complexity index is 1840. The number of nitrogens with one attached hydrogen (secondary N) is 2. The molecule has 0 spiro atoms. The van der Waals surface area contributed by atoms with Crippen molar-refractivity contribution in [3.05, 3.63) is 130 Å². The van der Waals surface area contributed by atoms with Crippen LogP contribution in [0.5, 0.6) is 5.75 Å². The van der Waals surface area contributed by atoms with E-state index in [2.05, 4.69) is 15.8 Å². The number of carbonyl (C=O) groups excluding carboxylic acids is 3. The summed E-state index contributed by atoms with van der Waals surface area (Å²) < 4.78 is 0. The number of aromatic carboxylic acids is 1. The Kier molecular flexibility index (Phi) is 7.02. The standard InChI is InChI=1S/C31H21N3O6/c35-26-17-20(28(36)22-12-6-7-13-23(22)31(39)40)14-15-24(26)33-34-27-21-11-5-4-10-19(21)16-25(29(27)37)32-30(38)18-8-2-1-3-9-18/h1-17,33-35H,(H,39,40). The molecule has 0 atom stereocenters. The molecular weight excluding hydrogens is 510 g/mol. The van der Waals surface area contributed by atoms with E-state index in [0.29, 0.717) is 16.0 Å². The van der Waals surface area contributed by atoms with Gasteiger partial charge in [0.15, 0.2) is 5.78 Å². The Morgan fingerprint density at radius 3 is 2.12 bits per heavy atom. The molecule has 1 amide bonds. The molecule has 0 saturated heterocycles. The third-order valence-corrected chi connectivity index (χ3v) is 6.21. The van der Waals surface area contributed by atoms with Gasteiger partial charge in [-0.1, -0.05) is 60.7 Å². The van der Waals surface area contributed by atoms with Crippen molar-refractivity contribution in [1.29, 1.82) is 0 Å². The number of nitrogens with zero attached hydrogens (tertiary/aromatic N) is 1. The Labute approximate surface area is 227 Å². The van der Waals surface area contributed by atoms with Crippen LogP contribution in [0.3, 0.4) is 0 Å². The maximum Gasteiger partial charge on any atom is 0.336 e. The molecule has 4 aromatic carbocycles. The number of anilines is 1. The third-order valence-electron chi connectivity index (χ3n) is 6.21. The van der Waals surface area contributed by atoms with E-state index >= 15 is 0 Å². The van der Waals surface area contributed by atoms with Gasteiger partial charge in [0.2, 0.25) is 5.78 Å². The number of hydrogen-bond donors (Lipinski definition) is 4. The first kappa shape index (κ1) is 25.8. The van der Waals surface area contributed by atoms with Crippen LogP contribution in [0.2, 0.25) is 0 Å². The van der Waals surface area contributed by atoms with Crippen molar-refractivity contribution in [2.75, 3.05) is 5.43 Å². The van der Waals surface area contributed by atoms with Gasteiger partial charge < -0.3 is 10.2 Å². The number of aliphatic imine (C=N–C) groups is 1. The number of carboxylic acids is 1. The number of ketones is 2. The Balaban J connectivity index is 1.42. The Morgan fingerprint density at radius 1 is 0.725 bits per heavy atom. The Hall–Kier alpha value is -5.83. The van der Waals surface area contributed by atoms with E-state index < -0.39 is 23.4 Å². The number of aromatic hydroxyl groups is 1. The highest BCUT2D eigenvalue weighted by Crippen LogP contribution is 2.26. The summed E-state index contributed by atoms with van der Waals surface area (Å²) in [7, 11) is 0. The molecule has 0 unspecified atom stereocenters. The van der Waals surface area contributed by atoms with Gasteiger partial charge in [-0.3, -0.25) is 25.2 Å². The van der Waals surface area contributed by atoms with E-state index in [1.54, 1.807) is 60.7 Å².